The third-order valence-corrected chi connectivity index (χ3v) is 2.60. The van der Waals surface area contributed by atoms with Crippen LogP contribution in [0.5, 0.6) is 0 Å². The Labute approximate surface area is 97.1 Å². The number of alkyl halides is 1. The summed E-state index contributed by atoms with van der Waals surface area (Å²) in [5.41, 5.74) is 0.703. The largest absolute Gasteiger partial charge is 0.351 e. The molecule has 0 aromatic heterocycles. The smallest absolute Gasteiger partial charge is 0.235 e. The molecule has 0 aliphatic rings. The van der Waals surface area contributed by atoms with Gasteiger partial charge in [-0.15, -0.1) is 11.6 Å². The lowest BCUT2D eigenvalue weighted by Gasteiger charge is -2.07. The third kappa shape index (κ3) is 3.05. The standard InChI is InChI=1S/C9H8Cl3NO/c10-4-9(14)13-5-6-7(11)2-1-3-8(6)12/h1-3H,4-5H2,(H,13,14). The first kappa shape index (κ1) is 11.6. The molecule has 1 amide bonds. The minimum atomic E-state index is -0.248. The fourth-order valence-corrected chi connectivity index (χ4v) is 1.56. The number of halogens is 3. The monoisotopic (exact) mass is 251 g/mol. The van der Waals surface area contributed by atoms with Crippen LogP contribution in [0, 0.1) is 0 Å². The zero-order valence-corrected chi connectivity index (χ0v) is 9.46. The molecule has 1 aromatic carbocycles. The van der Waals surface area contributed by atoms with Crippen molar-refractivity contribution in [2.24, 2.45) is 0 Å². The fraction of sp³-hybridized carbons (Fsp3) is 0.222. The molecule has 14 heavy (non-hydrogen) atoms. The van der Waals surface area contributed by atoms with E-state index in [0.29, 0.717) is 22.2 Å². The zero-order chi connectivity index (χ0) is 10.6. The molecule has 0 bridgehead atoms. The van der Waals surface area contributed by atoms with Gasteiger partial charge in [0, 0.05) is 22.2 Å². The molecule has 5 heteroatoms. The van der Waals surface area contributed by atoms with Gasteiger partial charge in [-0.05, 0) is 12.1 Å². The van der Waals surface area contributed by atoms with Crippen LogP contribution in [0.3, 0.4) is 0 Å². The van der Waals surface area contributed by atoms with Gasteiger partial charge < -0.3 is 5.32 Å². The average molecular weight is 253 g/mol. The van der Waals surface area contributed by atoms with Gasteiger partial charge in [0.2, 0.25) is 5.91 Å². The maximum atomic E-state index is 10.9. The molecule has 76 valence electrons. The van der Waals surface area contributed by atoms with Gasteiger partial charge in [0.15, 0.2) is 0 Å². The van der Waals surface area contributed by atoms with Crippen LogP contribution in [0.2, 0.25) is 10.0 Å². The third-order valence-electron chi connectivity index (χ3n) is 1.65. The number of hydrogen-bond acceptors (Lipinski definition) is 1. The maximum Gasteiger partial charge on any atom is 0.235 e. The highest BCUT2D eigenvalue weighted by atomic mass is 35.5. The van der Waals surface area contributed by atoms with Gasteiger partial charge in [0.05, 0.1) is 0 Å². The second-order valence-electron chi connectivity index (χ2n) is 2.61. The predicted molar refractivity (Wildman–Crippen MR) is 59.0 cm³/mol. The first-order valence-electron chi connectivity index (χ1n) is 3.90. The molecule has 0 saturated heterocycles. The molecule has 0 atom stereocenters. The van der Waals surface area contributed by atoms with Crippen LogP contribution in [-0.4, -0.2) is 11.8 Å². The maximum absolute atomic E-state index is 10.9. The molecule has 2 nitrogen and oxygen atoms in total. The normalized spacial score (nSPS) is 9.93. The number of rotatable bonds is 3. The van der Waals surface area contributed by atoms with E-state index in [1.54, 1.807) is 18.2 Å². The minimum Gasteiger partial charge on any atom is -0.351 e. The molecule has 0 heterocycles. The molecule has 0 spiro atoms. The lowest BCUT2D eigenvalue weighted by atomic mass is 10.2. The summed E-state index contributed by atoms with van der Waals surface area (Å²) in [6, 6.07) is 5.18. The molecular weight excluding hydrogens is 244 g/mol. The van der Waals surface area contributed by atoms with E-state index >= 15 is 0 Å². The second-order valence-corrected chi connectivity index (χ2v) is 3.69. The summed E-state index contributed by atoms with van der Waals surface area (Å²) >= 11 is 17.1. The Morgan fingerprint density at radius 2 is 1.86 bits per heavy atom. The van der Waals surface area contributed by atoms with Crippen molar-refractivity contribution < 1.29 is 4.79 Å². The van der Waals surface area contributed by atoms with E-state index in [-0.39, 0.29) is 11.8 Å². The van der Waals surface area contributed by atoms with E-state index in [4.69, 9.17) is 34.8 Å². The highest BCUT2D eigenvalue weighted by molar-refractivity contribution is 6.36. The van der Waals surface area contributed by atoms with Crippen molar-refractivity contribution in [2.45, 2.75) is 6.54 Å². The van der Waals surface area contributed by atoms with Crippen LogP contribution in [0.1, 0.15) is 5.56 Å². The summed E-state index contributed by atoms with van der Waals surface area (Å²) in [7, 11) is 0. The predicted octanol–water partition coefficient (Wildman–Crippen LogP) is 2.85. The number of benzene rings is 1. The molecule has 1 N–H and O–H groups in total. The van der Waals surface area contributed by atoms with Crippen LogP contribution in [-0.2, 0) is 11.3 Å². The van der Waals surface area contributed by atoms with Crippen molar-refractivity contribution in [1.82, 2.24) is 5.32 Å². The van der Waals surface area contributed by atoms with Crippen molar-refractivity contribution in [3.05, 3.63) is 33.8 Å². The van der Waals surface area contributed by atoms with E-state index < -0.39 is 0 Å². The lowest BCUT2D eigenvalue weighted by Crippen LogP contribution is -2.23. The summed E-state index contributed by atoms with van der Waals surface area (Å²) in [5.74, 6) is -0.315. The van der Waals surface area contributed by atoms with E-state index in [1.807, 2.05) is 0 Å². The van der Waals surface area contributed by atoms with Crippen LogP contribution in [0.4, 0.5) is 0 Å². The summed E-state index contributed by atoms with van der Waals surface area (Å²) in [4.78, 5) is 10.9. The van der Waals surface area contributed by atoms with Gasteiger partial charge in [0.25, 0.3) is 0 Å². The van der Waals surface area contributed by atoms with Crippen molar-refractivity contribution in [3.8, 4) is 0 Å². The van der Waals surface area contributed by atoms with Gasteiger partial charge in [-0.1, -0.05) is 29.3 Å². The topological polar surface area (TPSA) is 29.1 Å². The highest BCUT2D eigenvalue weighted by Crippen LogP contribution is 2.23. The van der Waals surface area contributed by atoms with Crippen molar-refractivity contribution in [3.63, 3.8) is 0 Å². The molecule has 1 rings (SSSR count). The zero-order valence-electron chi connectivity index (χ0n) is 7.19. The van der Waals surface area contributed by atoms with Crippen molar-refractivity contribution in [1.29, 1.82) is 0 Å². The molecule has 0 saturated carbocycles. The number of carbonyl (C=O) groups excluding carboxylic acids is 1. The molecule has 0 fully saturated rings. The fourth-order valence-electron chi connectivity index (χ4n) is 0.935. The summed E-state index contributed by atoms with van der Waals surface area (Å²) in [5, 5.41) is 3.66. The van der Waals surface area contributed by atoms with Crippen LogP contribution in [0.25, 0.3) is 0 Å². The molecule has 0 unspecified atom stereocenters. The first-order valence-corrected chi connectivity index (χ1v) is 5.19. The minimum absolute atomic E-state index is 0.0674. The van der Waals surface area contributed by atoms with Crippen LogP contribution in [0.15, 0.2) is 18.2 Å². The number of nitrogens with one attached hydrogen (secondary N) is 1. The van der Waals surface area contributed by atoms with Gasteiger partial charge in [-0.25, -0.2) is 0 Å². The Bertz CT molecular complexity index is 321. The van der Waals surface area contributed by atoms with Gasteiger partial charge in [-0.3, -0.25) is 4.79 Å². The number of amides is 1. The van der Waals surface area contributed by atoms with Crippen molar-refractivity contribution >= 4 is 40.7 Å². The quantitative estimate of drug-likeness (QED) is 0.824. The van der Waals surface area contributed by atoms with E-state index in [0.717, 1.165) is 0 Å². The Hall–Kier alpha value is -0.440. The Kier molecular flexibility index (Phi) is 4.52. The number of carbonyl (C=O) groups is 1. The molecule has 0 aliphatic heterocycles. The Morgan fingerprint density at radius 3 is 2.36 bits per heavy atom. The average Bonchev–Trinajstić information content (AvgIpc) is 2.16. The summed E-state index contributed by atoms with van der Waals surface area (Å²) in [6.45, 7) is 0.296. The van der Waals surface area contributed by atoms with Crippen LogP contribution < -0.4 is 5.32 Å². The number of hydrogen-bond donors (Lipinski definition) is 1. The van der Waals surface area contributed by atoms with Gasteiger partial charge in [0.1, 0.15) is 5.88 Å². The van der Waals surface area contributed by atoms with Gasteiger partial charge >= 0.3 is 0 Å². The molecule has 0 radical (unpaired) electrons. The molecule has 1 aromatic rings. The van der Waals surface area contributed by atoms with E-state index in [9.17, 15) is 4.79 Å². The molecular formula is C9H8Cl3NO. The van der Waals surface area contributed by atoms with Gasteiger partial charge in [-0.2, -0.15) is 0 Å². The second kappa shape index (κ2) is 5.44. The Balaban J connectivity index is 2.71. The van der Waals surface area contributed by atoms with E-state index in [1.165, 1.54) is 0 Å². The summed E-state index contributed by atoms with van der Waals surface area (Å²) in [6.07, 6.45) is 0. The first-order chi connectivity index (χ1) is 6.65. The highest BCUT2D eigenvalue weighted by Gasteiger charge is 2.06. The summed E-state index contributed by atoms with van der Waals surface area (Å²) < 4.78 is 0. The van der Waals surface area contributed by atoms with Crippen molar-refractivity contribution in [2.75, 3.05) is 5.88 Å². The van der Waals surface area contributed by atoms with Crippen LogP contribution >= 0.6 is 34.8 Å². The Morgan fingerprint density at radius 1 is 1.29 bits per heavy atom. The lowest BCUT2D eigenvalue weighted by molar-refractivity contribution is -0.118. The SMILES string of the molecule is O=C(CCl)NCc1c(Cl)cccc1Cl. The van der Waals surface area contributed by atoms with E-state index in [2.05, 4.69) is 5.32 Å². The molecule has 0 aliphatic carbocycles.